The van der Waals surface area contributed by atoms with Gasteiger partial charge in [0.2, 0.25) is 15.9 Å². The predicted molar refractivity (Wildman–Crippen MR) is 132 cm³/mol. The van der Waals surface area contributed by atoms with Crippen LogP contribution in [-0.2, 0) is 14.8 Å². The molecule has 1 amide bonds. The number of methoxy groups -OCH3 is 1. The summed E-state index contributed by atoms with van der Waals surface area (Å²) in [6, 6.07) is 26.0. The molecule has 1 atom stereocenters. The van der Waals surface area contributed by atoms with E-state index in [2.05, 4.69) is 0 Å². The molecule has 0 saturated carbocycles. The van der Waals surface area contributed by atoms with Crippen molar-refractivity contribution in [3.63, 3.8) is 0 Å². The van der Waals surface area contributed by atoms with Crippen LogP contribution in [0.5, 0.6) is 5.75 Å². The van der Waals surface area contributed by atoms with Gasteiger partial charge in [-0.2, -0.15) is 4.31 Å². The zero-order valence-electron chi connectivity index (χ0n) is 19.5. The highest BCUT2D eigenvalue weighted by atomic mass is 32.2. The van der Waals surface area contributed by atoms with Gasteiger partial charge in [0.25, 0.3) is 0 Å². The molecule has 0 radical (unpaired) electrons. The van der Waals surface area contributed by atoms with E-state index < -0.39 is 15.9 Å². The summed E-state index contributed by atoms with van der Waals surface area (Å²) in [6.45, 7) is 0.580. The van der Waals surface area contributed by atoms with Crippen molar-refractivity contribution in [3.8, 4) is 5.75 Å². The second-order valence-corrected chi connectivity index (χ2v) is 10.5. The van der Waals surface area contributed by atoms with Gasteiger partial charge >= 0.3 is 0 Å². The maximum absolute atomic E-state index is 13.7. The maximum atomic E-state index is 13.7. The van der Waals surface area contributed by atoms with E-state index >= 15 is 0 Å². The van der Waals surface area contributed by atoms with E-state index in [1.54, 1.807) is 36.3 Å². The molecule has 1 unspecified atom stereocenters. The van der Waals surface area contributed by atoms with Gasteiger partial charge in [0.15, 0.2) is 0 Å². The van der Waals surface area contributed by atoms with E-state index in [0.717, 1.165) is 11.1 Å². The number of amides is 1. The Morgan fingerprint density at radius 1 is 0.941 bits per heavy atom. The molecule has 0 spiro atoms. The highest BCUT2D eigenvalue weighted by Gasteiger charge is 2.36. The van der Waals surface area contributed by atoms with Crippen LogP contribution in [0, 0.1) is 5.92 Å². The lowest BCUT2D eigenvalue weighted by Crippen LogP contribution is -2.46. The monoisotopic (exact) mass is 478 g/mol. The maximum Gasteiger partial charge on any atom is 0.243 e. The Hall–Kier alpha value is -3.16. The molecule has 1 saturated heterocycles. The number of hydrogen-bond donors (Lipinski definition) is 0. The van der Waals surface area contributed by atoms with Crippen LogP contribution in [0.15, 0.2) is 89.8 Å². The van der Waals surface area contributed by atoms with E-state index in [0.29, 0.717) is 25.1 Å². The van der Waals surface area contributed by atoms with Gasteiger partial charge in [-0.25, -0.2) is 8.42 Å². The van der Waals surface area contributed by atoms with Crippen molar-refractivity contribution in [1.29, 1.82) is 0 Å². The van der Waals surface area contributed by atoms with Crippen molar-refractivity contribution >= 4 is 15.9 Å². The average Bonchev–Trinajstić information content (AvgIpc) is 2.89. The third kappa shape index (κ3) is 5.00. The molecule has 0 bridgehead atoms. The number of ether oxygens (including phenoxy) is 1. The Balaban J connectivity index is 1.56. The third-order valence-electron chi connectivity index (χ3n) is 6.40. The van der Waals surface area contributed by atoms with Crippen molar-refractivity contribution in [2.75, 3.05) is 27.2 Å². The molecule has 0 aromatic heterocycles. The summed E-state index contributed by atoms with van der Waals surface area (Å²) in [5.41, 5.74) is 2.03. The number of nitrogens with zero attached hydrogens (tertiary/aromatic N) is 2. The van der Waals surface area contributed by atoms with Crippen LogP contribution in [-0.4, -0.2) is 50.8 Å². The first-order valence-corrected chi connectivity index (χ1v) is 12.9. The van der Waals surface area contributed by atoms with Crippen LogP contribution in [0.3, 0.4) is 0 Å². The van der Waals surface area contributed by atoms with Crippen LogP contribution < -0.4 is 4.74 Å². The number of carbonyl (C=O) groups excluding carboxylic acids is 1. The minimum Gasteiger partial charge on any atom is -0.497 e. The van der Waals surface area contributed by atoms with Gasteiger partial charge in [0.1, 0.15) is 5.75 Å². The first-order valence-electron chi connectivity index (χ1n) is 11.4. The second-order valence-electron chi connectivity index (χ2n) is 8.55. The van der Waals surface area contributed by atoms with E-state index in [9.17, 15) is 13.2 Å². The zero-order chi connectivity index (χ0) is 24.1. The second kappa shape index (κ2) is 10.4. The summed E-state index contributed by atoms with van der Waals surface area (Å²) in [6.07, 6.45) is 1.30. The van der Waals surface area contributed by atoms with Crippen molar-refractivity contribution < 1.29 is 17.9 Å². The fourth-order valence-electron chi connectivity index (χ4n) is 4.58. The summed E-state index contributed by atoms with van der Waals surface area (Å²) in [5, 5.41) is 0. The van der Waals surface area contributed by atoms with Crippen LogP contribution in [0.2, 0.25) is 0 Å². The minimum absolute atomic E-state index is 0.0488. The van der Waals surface area contributed by atoms with Gasteiger partial charge < -0.3 is 9.64 Å². The Bertz CT molecular complexity index is 1160. The van der Waals surface area contributed by atoms with Crippen LogP contribution in [0.4, 0.5) is 0 Å². The van der Waals surface area contributed by atoms with Gasteiger partial charge in [-0.1, -0.05) is 60.7 Å². The smallest absolute Gasteiger partial charge is 0.243 e. The fraction of sp³-hybridized carbons (Fsp3) is 0.296. The van der Waals surface area contributed by atoms with Crippen LogP contribution >= 0.6 is 0 Å². The molecular weight excluding hydrogens is 448 g/mol. The number of carbonyl (C=O) groups is 1. The molecule has 3 aromatic rings. The van der Waals surface area contributed by atoms with Crippen molar-refractivity contribution in [2.45, 2.75) is 23.8 Å². The van der Waals surface area contributed by atoms with Gasteiger partial charge in [0, 0.05) is 20.1 Å². The fourth-order valence-corrected chi connectivity index (χ4v) is 6.11. The summed E-state index contributed by atoms with van der Waals surface area (Å²) in [5.74, 6) is 0.147. The molecule has 1 fully saturated rings. The predicted octanol–water partition coefficient (Wildman–Crippen LogP) is 4.34. The first kappa shape index (κ1) is 24.0. The van der Waals surface area contributed by atoms with Gasteiger partial charge in [0.05, 0.1) is 24.0 Å². The number of benzene rings is 3. The number of hydrogen-bond acceptors (Lipinski definition) is 4. The number of piperidine rings is 1. The molecule has 0 aliphatic carbocycles. The highest BCUT2D eigenvalue weighted by molar-refractivity contribution is 7.89. The highest BCUT2D eigenvalue weighted by Crippen LogP contribution is 2.31. The third-order valence-corrected chi connectivity index (χ3v) is 8.28. The number of rotatable bonds is 7. The molecule has 0 N–H and O–H groups in total. The van der Waals surface area contributed by atoms with Gasteiger partial charge in [-0.3, -0.25) is 4.79 Å². The van der Waals surface area contributed by atoms with E-state index in [1.807, 2.05) is 67.7 Å². The molecule has 4 rings (SSSR count). The summed E-state index contributed by atoms with van der Waals surface area (Å²) < 4.78 is 33.1. The molecule has 1 heterocycles. The SMILES string of the molecule is COc1ccc(S(=O)(=O)N2CCCC(C(=O)N(C)C(c3ccccc3)c3ccccc3)C2)cc1. The topological polar surface area (TPSA) is 66.9 Å². The number of sulfonamides is 1. The molecular formula is C27H30N2O4S. The normalized spacial score (nSPS) is 16.9. The molecule has 7 heteroatoms. The minimum atomic E-state index is -3.70. The lowest BCUT2D eigenvalue weighted by molar-refractivity contribution is -0.136. The zero-order valence-corrected chi connectivity index (χ0v) is 20.3. The van der Waals surface area contributed by atoms with Crippen LogP contribution in [0.1, 0.15) is 30.0 Å². The molecule has 1 aliphatic rings. The largest absolute Gasteiger partial charge is 0.497 e. The summed E-state index contributed by atoms with van der Waals surface area (Å²) in [7, 11) is -0.347. The average molecular weight is 479 g/mol. The Kier molecular flexibility index (Phi) is 7.34. The lowest BCUT2D eigenvalue weighted by Gasteiger charge is -2.36. The Labute approximate surface area is 201 Å². The molecule has 34 heavy (non-hydrogen) atoms. The van der Waals surface area contributed by atoms with E-state index in [-0.39, 0.29) is 23.4 Å². The summed E-state index contributed by atoms with van der Waals surface area (Å²) in [4.78, 5) is 15.6. The first-order chi connectivity index (χ1) is 16.4. The van der Waals surface area contributed by atoms with Crippen LogP contribution in [0.25, 0.3) is 0 Å². The van der Waals surface area contributed by atoms with Crippen molar-refractivity contribution in [3.05, 3.63) is 96.1 Å². The van der Waals surface area contributed by atoms with E-state index in [1.165, 1.54) is 4.31 Å². The molecule has 178 valence electrons. The molecule has 6 nitrogen and oxygen atoms in total. The molecule has 1 aliphatic heterocycles. The van der Waals surface area contributed by atoms with E-state index in [4.69, 9.17) is 4.74 Å². The lowest BCUT2D eigenvalue weighted by atomic mass is 9.93. The molecule has 3 aromatic carbocycles. The van der Waals surface area contributed by atoms with Crippen molar-refractivity contribution in [1.82, 2.24) is 9.21 Å². The van der Waals surface area contributed by atoms with Gasteiger partial charge in [-0.05, 0) is 48.2 Å². The Morgan fingerprint density at radius 3 is 2.03 bits per heavy atom. The standard InChI is InChI=1S/C27H30N2O4S/c1-28(26(21-10-5-3-6-11-21)22-12-7-4-8-13-22)27(30)23-14-9-19-29(20-23)34(31,32)25-17-15-24(33-2)16-18-25/h3-8,10-13,15-18,23,26H,9,14,19-20H2,1-2H3. The summed E-state index contributed by atoms with van der Waals surface area (Å²) >= 11 is 0. The quantitative estimate of drug-likeness (QED) is 0.507. The van der Waals surface area contributed by atoms with Gasteiger partial charge in [-0.15, -0.1) is 0 Å². The van der Waals surface area contributed by atoms with Crippen molar-refractivity contribution in [2.24, 2.45) is 5.92 Å². The Morgan fingerprint density at radius 2 is 1.50 bits per heavy atom.